The van der Waals surface area contributed by atoms with Crippen molar-refractivity contribution in [1.82, 2.24) is 0 Å². The second kappa shape index (κ2) is 5.17. The van der Waals surface area contributed by atoms with Crippen LogP contribution in [0.25, 0.3) is 0 Å². The van der Waals surface area contributed by atoms with Gasteiger partial charge in [-0.1, -0.05) is 0 Å². The van der Waals surface area contributed by atoms with Crippen LogP contribution in [-0.2, 0) is 0 Å². The van der Waals surface area contributed by atoms with Crippen LogP contribution in [0.2, 0.25) is 0 Å². The zero-order valence-corrected chi connectivity index (χ0v) is 8.69. The lowest BCUT2D eigenvalue weighted by molar-refractivity contribution is 0.414. The highest BCUT2D eigenvalue weighted by atomic mass is 16.5. The van der Waals surface area contributed by atoms with Crippen LogP contribution in [0.15, 0.2) is 28.2 Å². The number of methoxy groups -OCH3 is 1. The fourth-order valence-electron chi connectivity index (χ4n) is 1.21. The van der Waals surface area contributed by atoms with Crippen molar-refractivity contribution in [2.45, 2.75) is 0 Å². The summed E-state index contributed by atoms with van der Waals surface area (Å²) in [6.45, 7) is 0. The highest BCUT2D eigenvalue weighted by molar-refractivity contribution is 5.87. The van der Waals surface area contributed by atoms with Crippen molar-refractivity contribution in [3.8, 4) is 5.75 Å². The normalized spacial score (nSPS) is 11.4. The molecule has 0 saturated carbocycles. The lowest BCUT2D eigenvalue weighted by Crippen LogP contribution is -1.90. The van der Waals surface area contributed by atoms with E-state index in [2.05, 4.69) is 9.98 Å². The second-order valence-electron chi connectivity index (χ2n) is 2.81. The van der Waals surface area contributed by atoms with E-state index >= 15 is 0 Å². The van der Waals surface area contributed by atoms with Gasteiger partial charge in [-0.3, -0.25) is 9.98 Å². The van der Waals surface area contributed by atoms with E-state index in [1.54, 1.807) is 33.6 Å². The lowest BCUT2D eigenvalue weighted by Gasteiger charge is -2.02. The third kappa shape index (κ3) is 2.69. The first-order chi connectivity index (χ1) is 6.80. The molecule has 0 spiro atoms. The molecule has 1 rings (SSSR count). The molecule has 74 valence electrons. The van der Waals surface area contributed by atoms with Gasteiger partial charge in [0, 0.05) is 26.5 Å². The Bertz CT molecular complexity index is 326. The number of benzene rings is 1. The van der Waals surface area contributed by atoms with Crippen molar-refractivity contribution in [2.75, 3.05) is 21.2 Å². The summed E-state index contributed by atoms with van der Waals surface area (Å²) in [6, 6.07) is 5.86. The van der Waals surface area contributed by atoms with Crippen molar-refractivity contribution in [3.63, 3.8) is 0 Å². The molecule has 0 radical (unpaired) electrons. The summed E-state index contributed by atoms with van der Waals surface area (Å²) in [5.41, 5.74) is 2.03. The molecule has 0 amide bonds. The summed E-state index contributed by atoms with van der Waals surface area (Å²) in [5.74, 6) is 0.817. The van der Waals surface area contributed by atoms with E-state index in [9.17, 15) is 0 Å². The van der Waals surface area contributed by atoms with Crippen molar-refractivity contribution in [3.05, 3.63) is 29.3 Å². The Balaban J connectivity index is 3.12. The summed E-state index contributed by atoms with van der Waals surface area (Å²) in [7, 11) is 5.13. The lowest BCUT2D eigenvalue weighted by atomic mass is 10.1. The van der Waals surface area contributed by atoms with Crippen LogP contribution in [0, 0.1) is 0 Å². The van der Waals surface area contributed by atoms with Gasteiger partial charge in [-0.2, -0.15) is 0 Å². The van der Waals surface area contributed by atoms with E-state index in [1.807, 2.05) is 18.2 Å². The molecule has 0 aliphatic heterocycles. The van der Waals surface area contributed by atoms with Gasteiger partial charge in [-0.15, -0.1) is 0 Å². The summed E-state index contributed by atoms with van der Waals surface area (Å²) in [5, 5.41) is 0. The quantitative estimate of drug-likeness (QED) is 0.669. The van der Waals surface area contributed by atoms with Crippen LogP contribution in [0.4, 0.5) is 0 Å². The monoisotopic (exact) mass is 190 g/mol. The predicted octanol–water partition coefficient (Wildman–Crippen LogP) is 1.79. The van der Waals surface area contributed by atoms with Crippen LogP contribution in [0.1, 0.15) is 11.1 Å². The molecule has 0 heterocycles. The molecule has 3 nitrogen and oxygen atoms in total. The first kappa shape index (κ1) is 10.4. The molecular weight excluding hydrogens is 176 g/mol. The third-order valence-corrected chi connectivity index (χ3v) is 1.74. The number of aliphatic imine (C=N–C) groups is 2. The van der Waals surface area contributed by atoms with E-state index < -0.39 is 0 Å². The van der Waals surface area contributed by atoms with E-state index in [0.29, 0.717) is 0 Å². The van der Waals surface area contributed by atoms with Crippen LogP contribution in [-0.4, -0.2) is 33.6 Å². The Morgan fingerprint density at radius 3 is 1.86 bits per heavy atom. The molecule has 0 aliphatic carbocycles. The van der Waals surface area contributed by atoms with Crippen molar-refractivity contribution >= 4 is 12.4 Å². The second-order valence-corrected chi connectivity index (χ2v) is 2.81. The fraction of sp³-hybridized carbons (Fsp3) is 0.273. The standard InChI is InChI=1S/C11H14N2O/c1-12-7-9-4-10(8-13-2)6-11(5-9)14-3/h4-8H,1-3H3/b12-7+,13-8+. The minimum Gasteiger partial charge on any atom is -0.497 e. The number of ether oxygens (including phenoxy) is 1. The number of nitrogens with zero attached hydrogens (tertiary/aromatic N) is 2. The van der Waals surface area contributed by atoms with E-state index in [1.165, 1.54) is 0 Å². The van der Waals surface area contributed by atoms with Gasteiger partial charge in [0.15, 0.2) is 0 Å². The van der Waals surface area contributed by atoms with Crippen LogP contribution in [0.3, 0.4) is 0 Å². The van der Waals surface area contributed by atoms with Gasteiger partial charge in [0.2, 0.25) is 0 Å². The summed E-state index contributed by atoms with van der Waals surface area (Å²) < 4.78 is 5.16. The highest BCUT2D eigenvalue weighted by Crippen LogP contribution is 2.14. The molecule has 0 saturated heterocycles. The minimum atomic E-state index is 0.817. The Hall–Kier alpha value is -1.64. The minimum absolute atomic E-state index is 0.817. The van der Waals surface area contributed by atoms with Gasteiger partial charge in [-0.25, -0.2) is 0 Å². The van der Waals surface area contributed by atoms with Crippen LogP contribution in [0.5, 0.6) is 5.75 Å². The average Bonchev–Trinajstić information content (AvgIpc) is 2.18. The molecule has 0 aromatic heterocycles. The molecule has 0 aliphatic rings. The summed E-state index contributed by atoms with van der Waals surface area (Å²) >= 11 is 0. The summed E-state index contributed by atoms with van der Waals surface area (Å²) in [4.78, 5) is 7.92. The van der Waals surface area contributed by atoms with Crippen LogP contribution >= 0.6 is 0 Å². The highest BCUT2D eigenvalue weighted by Gasteiger charge is 1.97. The zero-order chi connectivity index (χ0) is 10.4. The Kier molecular flexibility index (Phi) is 3.85. The Labute approximate surface area is 84.2 Å². The van der Waals surface area contributed by atoms with Crippen LogP contribution < -0.4 is 4.74 Å². The van der Waals surface area contributed by atoms with Gasteiger partial charge < -0.3 is 4.74 Å². The molecular formula is C11H14N2O. The average molecular weight is 190 g/mol. The molecule has 0 atom stereocenters. The third-order valence-electron chi connectivity index (χ3n) is 1.74. The molecule has 0 N–H and O–H groups in total. The molecule has 3 heteroatoms. The van der Waals surface area contributed by atoms with Crippen molar-refractivity contribution in [2.24, 2.45) is 9.98 Å². The summed E-state index contributed by atoms with van der Waals surface area (Å²) in [6.07, 6.45) is 3.57. The molecule has 0 fully saturated rings. The maximum absolute atomic E-state index is 5.16. The maximum atomic E-state index is 5.16. The first-order valence-corrected chi connectivity index (χ1v) is 4.33. The SMILES string of the molecule is C/N=C/c1cc(/C=N/C)cc(OC)c1. The smallest absolute Gasteiger partial charge is 0.120 e. The van der Waals surface area contributed by atoms with E-state index in [-0.39, 0.29) is 0 Å². The number of hydrogen-bond donors (Lipinski definition) is 0. The first-order valence-electron chi connectivity index (χ1n) is 4.33. The van der Waals surface area contributed by atoms with Gasteiger partial charge in [-0.05, 0) is 29.3 Å². The predicted molar refractivity (Wildman–Crippen MR) is 60.0 cm³/mol. The molecule has 1 aromatic carbocycles. The van der Waals surface area contributed by atoms with Crippen molar-refractivity contribution in [1.29, 1.82) is 0 Å². The van der Waals surface area contributed by atoms with Gasteiger partial charge in [0.05, 0.1) is 7.11 Å². The largest absolute Gasteiger partial charge is 0.497 e. The Morgan fingerprint density at radius 1 is 1.00 bits per heavy atom. The molecule has 14 heavy (non-hydrogen) atoms. The van der Waals surface area contributed by atoms with Gasteiger partial charge >= 0.3 is 0 Å². The Morgan fingerprint density at radius 2 is 1.50 bits per heavy atom. The van der Waals surface area contributed by atoms with Gasteiger partial charge in [0.25, 0.3) is 0 Å². The zero-order valence-electron chi connectivity index (χ0n) is 8.69. The topological polar surface area (TPSA) is 34.0 Å². The fourth-order valence-corrected chi connectivity index (χ4v) is 1.21. The van der Waals surface area contributed by atoms with Gasteiger partial charge in [0.1, 0.15) is 5.75 Å². The molecule has 0 unspecified atom stereocenters. The maximum Gasteiger partial charge on any atom is 0.120 e. The van der Waals surface area contributed by atoms with E-state index in [4.69, 9.17) is 4.74 Å². The number of rotatable bonds is 3. The van der Waals surface area contributed by atoms with Crippen molar-refractivity contribution < 1.29 is 4.74 Å². The van der Waals surface area contributed by atoms with E-state index in [0.717, 1.165) is 16.9 Å². The molecule has 0 bridgehead atoms. The molecule has 1 aromatic rings. The number of hydrogen-bond acceptors (Lipinski definition) is 3.